The molecular weight excluding hydrogens is 1170 g/mol. The number of rotatable bonds is 5. The van der Waals surface area contributed by atoms with Crippen molar-refractivity contribution in [3.05, 3.63) is 35.9 Å². The Balaban J connectivity index is 0. The predicted octanol–water partition coefficient (Wildman–Crippen LogP) is 14.0. The zero-order chi connectivity index (χ0) is 62.5. The van der Waals surface area contributed by atoms with Gasteiger partial charge in [0.25, 0.3) is 0 Å². The lowest BCUT2D eigenvalue weighted by Crippen LogP contribution is -2.42. The summed E-state index contributed by atoms with van der Waals surface area (Å²) in [6.07, 6.45) is 7.58. The van der Waals surface area contributed by atoms with Gasteiger partial charge in [-0.1, -0.05) is 30.3 Å². The number of ketones is 1. The Kier molecular flexibility index (Phi) is 41.4. The summed E-state index contributed by atoms with van der Waals surface area (Å²) in [6, 6.07) is 9.05. The molecule has 0 bridgehead atoms. The molecule has 0 atom stereocenters. The Morgan fingerprint density at radius 3 is 1.14 bits per heavy atom. The number of aliphatic hydroxyl groups excluding tert-OH is 1. The Hall–Kier alpha value is -3.00. The van der Waals surface area contributed by atoms with Crippen LogP contribution in [0.5, 0.6) is 0 Å². The summed E-state index contributed by atoms with van der Waals surface area (Å²) in [5, 5.41) is 15.0. The Morgan fingerprint density at radius 2 is 0.864 bits per heavy atom. The first-order valence-electron chi connectivity index (χ1n) is 27.2. The summed E-state index contributed by atoms with van der Waals surface area (Å²) in [5.74, 6) is -9.69. The van der Waals surface area contributed by atoms with Crippen molar-refractivity contribution in [2.24, 2.45) is 11.5 Å². The third-order valence-corrected chi connectivity index (χ3v) is 12.3. The van der Waals surface area contributed by atoms with Gasteiger partial charge in [-0.2, -0.15) is 0 Å². The van der Waals surface area contributed by atoms with Gasteiger partial charge in [0.05, 0.1) is 0 Å². The van der Waals surface area contributed by atoms with E-state index in [4.69, 9.17) is 39.7 Å². The average molecular weight is 1260 g/mol. The number of benzene rings is 1. The number of alkyl carbamates (subject to hydrolysis) is 3. The first-order chi connectivity index (χ1) is 37.5. The highest BCUT2D eigenvalue weighted by Crippen LogP contribution is 2.35. The highest BCUT2D eigenvalue weighted by atomic mass is 36.0. The van der Waals surface area contributed by atoms with Crippen molar-refractivity contribution in [2.45, 2.75) is 255 Å². The number of ether oxygens (including phenoxy) is 4. The van der Waals surface area contributed by atoms with Gasteiger partial charge in [-0.05, 0) is 124 Å². The maximum Gasteiger partial charge on any atom is 0.407 e. The number of hydrogen-bond donors (Lipinski definition) is 6. The van der Waals surface area contributed by atoms with Crippen molar-refractivity contribution in [3.8, 4) is 0 Å². The van der Waals surface area contributed by atoms with Crippen molar-refractivity contribution in [1.82, 2.24) is 16.0 Å². The summed E-state index contributed by atoms with van der Waals surface area (Å²) in [4.78, 5) is 45.3. The van der Waals surface area contributed by atoms with E-state index in [-0.39, 0.29) is 100 Å². The van der Waals surface area contributed by atoms with Crippen LogP contribution in [0.4, 0.5) is 49.5 Å². The van der Waals surface area contributed by atoms with Crippen LogP contribution in [0.3, 0.4) is 0 Å². The van der Waals surface area contributed by atoms with Crippen LogP contribution in [0.1, 0.15) is 188 Å². The number of carbonyl (C=O) groups excluding carboxylic acids is 4. The van der Waals surface area contributed by atoms with E-state index in [1.54, 1.807) is 20.8 Å². The first kappa shape index (κ1) is 80.1. The summed E-state index contributed by atoms with van der Waals surface area (Å²) in [5.41, 5.74) is 10.7. The largest absolute Gasteiger partial charge is 0.445 e. The topological polar surface area (TPSA) is 231 Å². The van der Waals surface area contributed by atoms with Crippen molar-refractivity contribution >= 4 is 66.3 Å². The van der Waals surface area contributed by atoms with Gasteiger partial charge in [0, 0.05) is 142 Å². The van der Waals surface area contributed by atoms with E-state index in [0.717, 1.165) is 38.7 Å². The van der Waals surface area contributed by atoms with Gasteiger partial charge in [-0.15, -0.1) is 11.6 Å². The molecule has 0 unspecified atom stereocenters. The smallest absolute Gasteiger partial charge is 0.407 e. The van der Waals surface area contributed by atoms with E-state index in [2.05, 4.69) is 48.9 Å². The summed E-state index contributed by atoms with van der Waals surface area (Å²) < 4.78 is 130. The maximum absolute atomic E-state index is 12.9. The third kappa shape index (κ3) is 48.0. The molecule has 0 aromatic heterocycles. The zero-order valence-electron chi connectivity index (χ0n) is 48.3. The minimum absolute atomic E-state index is 0.0182. The average Bonchev–Trinajstić information content (AvgIpc) is 3.97. The molecule has 1 heterocycles. The van der Waals surface area contributed by atoms with Crippen LogP contribution in [-0.2, 0) is 39.6 Å². The number of hydrogen-bond acceptors (Lipinski definition) is 12. The van der Waals surface area contributed by atoms with Crippen LogP contribution in [0.15, 0.2) is 30.3 Å². The molecule has 1 aromatic carbocycles. The molecule has 6 aliphatic rings. The van der Waals surface area contributed by atoms with Gasteiger partial charge in [0.2, 0.25) is 32.9 Å². The minimum atomic E-state index is -2.58. The van der Waals surface area contributed by atoms with Gasteiger partial charge < -0.3 is 51.5 Å². The van der Waals surface area contributed by atoms with Crippen molar-refractivity contribution in [3.63, 3.8) is 0 Å². The second-order valence-electron chi connectivity index (χ2n) is 22.0. The van der Waals surface area contributed by atoms with E-state index >= 15 is 0 Å². The van der Waals surface area contributed by atoms with E-state index in [1.807, 2.05) is 51.1 Å². The molecule has 1 aromatic rings. The van der Waals surface area contributed by atoms with Crippen molar-refractivity contribution in [1.29, 1.82) is 0 Å². The van der Waals surface area contributed by atoms with Gasteiger partial charge in [0.15, 0.2) is 0 Å². The molecule has 6 fully saturated rings. The monoisotopic (exact) mass is 1260 g/mol. The number of alkyl halides is 9. The Morgan fingerprint density at radius 1 is 0.580 bits per heavy atom. The van der Waals surface area contributed by atoms with Gasteiger partial charge in [-0.3, -0.25) is 4.79 Å². The van der Waals surface area contributed by atoms with E-state index in [0.29, 0.717) is 64.2 Å². The molecular formula is C54H92Cl3F8N5O10S. The molecule has 81 heavy (non-hydrogen) atoms. The molecule has 3 amide bonds. The summed E-state index contributed by atoms with van der Waals surface area (Å²) >= 11 is 4.64. The van der Waals surface area contributed by atoms with E-state index in [1.165, 1.54) is 19.2 Å². The fourth-order valence-corrected chi connectivity index (χ4v) is 7.97. The quantitative estimate of drug-likeness (QED) is 0.0700. The van der Waals surface area contributed by atoms with Crippen LogP contribution in [0.25, 0.3) is 0 Å². The minimum Gasteiger partial charge on any atom is -0.445 e. The maximum atomic E-state index is 12.9. The third-order valence-electron chi connectivity index (χ3n) is 12.3. The number of Topliss-reactive ketones (excluding diaryl/α,β-unsaturated/α-hetero) is 1. The number of carbonyl (C=O) groups is 4. The second kappa shape index (κ2) is 41.9. The standard InChI is InChI=1S/C14H17F2NO2.C11H19F2NO2.C11H19NO3.2C6H11F2N.C4H8O.CH3Cl.CH4O.Cl2OS/c15-14(16)8-6-12(7-9-14)17-13(18)19-10-11-4-2-1-3-5-11;1-10(2,3)16-9(15)14-8-4-6-11(12,13)7-5-8;1-11(2,3)15-10(14)12-8-4-6-9(13)7-5-8;2*7-6(8)3-1-5(9)2-4-6;1-2-4-5-3-1;2*1-2;1-4(2)3/h1-5,12H,6-10H2,(H,17,18);8H,4-7H2,1-3H3,(H,14,15);8H,4-7H2,1-3H3,(H,12,14);2*5H,1-4,9H2;1-4H2;1H3;2H,1H3;. The lowest BCUT2D eigenvalue weighted by atomic mass is 9.92. The fraction of sp³-hybridized carbons (Fsp3) is 0.815. The number of aliphatic hydroxyl groups is 1. The van der Waals surface area contributed by atoms with Gasteiger partial charge in [0.1, 0.15) is 23.6 Å². The van der Waals surface area contributed by atoms with Crippen LogP contribution in [0.2, 0.25) is 0 Å². The van der Waals surface area contributed by atoms with Crippen molar-refractivity contribution in [2.75, 3.05) is 26.7 Å². The molecule has 15 nitrogen and oxygen atoms in total. The molecule has 476 valence electrons. The number of nitrogens with two attached hydrogens (primary N) is 2. The van der Waals surface area contributed by atoms with Crippen LogP contribution in [-0.4, -0.2) is 125 Å². The molecule has 8 N–H and O–H groups in total. The van der Waals surface area contributed by atoms with Gasteiger partial charge >= 0.3 is 18.3 Å². The number of nitrogens with one attached hydrogen (secondary N) is 3. The molecule has 7 rings (SSSR count). The van der Waals surface area contributed by atoms with E-state index < -0.39 is 56.3 Å². The zero-order valence-corrected chi connectivity index (χ0v) is 51.4. The predicted molar refractivity (Wildman–Crippen MR) is 303 cm³/mol. The Labute approximate surface area is 491 Å². The van der Waals surface area contributed by atoms with Crippen LogP contribution < -0.4 is 27.4 Å². The highest BCUT2D eigenvalue weighted by molar-refractivity contribution is 8.26. The number of amides is 3. The van der Waals surface area contributed by atoms with Crippen LogP contribution in [0, 0.1) is 0 Å². The first-order valence-corrected chi connectivity index (χ1v) is 30.7. The summed E-state index contributed by atoms with van der Waals surface area (Å²) in [7, 11) is 8.36. The van der Waals surface area contributed by atoms with Gasteiger partial charge in [-0.25, -0.2) is 53.7 Å². The molecule has 5 aliphatic carbocycles. The lowest BCUT2D eigenvalue weighted by Gasteiger charge is -2.29. The molecule has 0 radical (unpaired) electrons. The normalized spacial score (nSPS) is 20.5. The molecule has 1 saturated heterocycles. The Bertz CT molecular complexity index is 1810. The van der Waals surface area contributed by atoms with E-state index in [9.17, 15) is 54.3 Å². The van der Waals surface area contributed by atoms with Crippen LogP contribution >= 0.6 is 33.0 Å². The summed E-state index contributed by atoms with van der Waals surface area (Å²) in [6.45, 7) is 13.0. The number of halogens is 11. The highest BCUT2D eigenvalue weighted by Gasteiger charge is 2.38. The fourth-order valence-electron chi connectivity index (χ4n) is 7.97. The molecule has 0 spiro atoms. The second-order valence-corrected chi connectivity index (χ2v) is 24.5. The van der Waals surface area contributed by atoms with Crippen molar-refractivity contribution < 1.29 is 82.6 Å². The SMILES string of the molecule is C1CCOC1.CC(C)(C)OC(=O)NC1CCC(=O)CC1.CC(C)(C)OC(=O)NC1CCC(F)(F)CC1.CCl.CO.NC1CCC(F)(F)CC1.NC1CCC(F)(F)CC1.O=C(NC1CCC(F)(F)CC1)OCc1ccccc1.O=S(Cl)Cl. The molecule has 27 heteroatoms. The lowest BCUT2D eigenvalue weighted by molar-refractivity contribution is -0.120. The molecule has 5 saturated carbocycles. The molecule has 1 aliphatic heterocycles.